The minimum atomic E-state index is -0.420. The number of hydrogen-bond acceptors (Lipinski definition) is 4. The Hall–Kier alpha value is -1.43. The fourth-order valence-electron chi connectivity index (χ4n) is 2.18. The molecule has 2 heterocycles. The number of thiazole rings is 1. The molecular weight excluding hydrogens is 250 g/mol. The second kappa shape index (κ2) is 5.48. The fourth-order valence-corrected chi connectivity index (χ4v) is 2.79. The maximum atomic E-state index is 12.1. The van der Waals surface area contributed by atoms with Gasteiger partial charge in [0, 0.05) is 24.5 Å². The van der Waals surface area contributed by atoms with Gasteiger partial charge in [0.05, 0.1) is 5.01 Å². The van der Waals surface area contributed by atoms with Crippen LogP contribution in [0.15, 0.2) is 11.6 Å². The largest absolute Gasteiger partial charge is 0.343 e. The Balaban J connectivity index is 2.06. The SMILES string of the molecule is CCC1C(=O)NC(C)C(=O)N1CCc1nccs1. The molecule has 2 atom stereocenters. The summed E-state index contributed by atoms with van der Waals surface area (Å²) < 4.78 is 0. The molecule has 2 unspecified atom stereocenters. The van der Waals surface area contributed by atoms with Crippen molar-refractivity contribution in [3.63, 3.8) is 0 Å². The first kappa shape index (κ1) is 13.0. The monoisotopic (exact) mass is 267 g/mol. The summed E-state index contributed by atoms with van der Waals surface area (Å²) in [7, 11) is 0. The average molecular weight is 267 g/mol. The second-order valence-corrected chi connectivity index (χ2v) is 5.34. The van der Waals surface area contributed by atoms with Gasteiger partial charge < -0.3 is 10.2 Å². The fraction of sp³-hybridized carbons (Fsp3) is 0.583. The number of rotatable bonds is 4. The van der Waals surface area contributed by atoms with Gasteiger partial charge in [0.15, 0.2) is 0 Å². The third-order valence-corrected chi connectivity index (χ3v) is 3.97. The van der Waals surface area contributed by atoms with Crippen molar-refractivity contribution in [2.24, 2.45) is 0 Å². The number of hydrogen-bond donors (Lipinski definition) is 1. The average Bonchev–Trinajstić information content (AvgIpc) is 2.85. The van der Waals surface area contributed by atoms with Crippen LogP contribution in [-0.4, -0.2) is 40.3 Å². The Morgan fingerprint density at radius 1 is 1.50 bits per heavy atom. The molecule has 6 heteroatoms. The highest BCUT2D eigenvalue weighted by Gasteiger charge is 2.36. The molecule has 0 bridgehead atoms. The normalized spacial score (nSPS) is 24.2. The van der Waals surface area contributed by atoms with Crippen LogP contribution in [-0.2, 0) is 16.0 Å². The summed E-state index contributed by atoms with van der Waals surface area (Å²) in [4.78, 5) is 29.8. The van der Waals surface area contributed by atoms with E-state index in [1.165, 1.54) is 0 Å². The van der Waals surface area contributed by atoms with Gasteiger partial charge in [-0.05, 0) is 13.3 Å². The van der Waals surface area contributed by atoms with E-state index in [0.29, 0.717) is 19.4 Å². The molecule has 2 rings (SSSR count). The van der Waals surface area contributed by atoms with E-state index in [9.17, 15) is 9.59 Å². The van der Waals surface area contributed by atoms with E-state index in [1.54, 1.807) is 29.4 Å². The molecule has 1 N–H and O–H groups in total. The van der Waals surface area contributed by atoms with Gasteiger partial charge in [-0.25, -0.2) is 4.98 Å². The van der Waals surface area contributed by atoms with Crippen LogP contribution >= 0.6 is 11.3 Å². The zero-order valence-corrected chi connectivity index (χ0v) is 11.4. The van der Waals surface area contributed by atoms with Crippen molar-refractivity contribution in [2.75, 3.05) is 6.54 Å². The Kier molecular flexibility index (Phi) is 3.96. The summed E-state index contributed by atoms with van der Waals surface area (Å²) in [6, 6.07) is -0.759. The minimum absolute atomic E-state index is 0.00185. The van der Waals surface area contributed by atoms with Crippen LogP contribution in [0.3, 0.4) is 0 Å². The van der Waals surface area contributed by atoms with Gasteiger partial charge in [0.1, 0.15) is 12.1 Å². The third-order valence-electron chi connectivity index (χ3n) is 3.13. The molecule has 1 aliphatic rings. The van der Waals surface area contributed by atoms with Crippen LogP contribution in [0.25, 0.3) is 0 Å². The molecule has 1 saturated heterocycles. The summed E-state index contributed by atoms with van der Waals surface area (Å²) in [6.45, 7) is 4.20. The van der Waals surface area contributed by atoms with Crippen molar-refractivity contribution >= 4 is 23.2 Å². The molecule has 98 valence electrons. The lowest BCUT2D eigenvalue weighted by molar-refractivity contribution is -0.148. The minimum Gasteiger partial charge on any atom is -0.343 e. The predicted molar refractivity (Wildman–Crippen MR) is 69.2 cm³/mol. The van der Waals surface area contributed by atoms with E-state index in [0.717, 1.165) is 5.01 Å². The standard InChI is InChI=1S/C12H17N3O2S/c1-3-9-11(16)14-8(2)12(17)15(9)6-4-10-13-5-7-18-10/h5,7-9H,3-4,6H2,1-2H3,(H,14,16). The van der Waals surface area contributed by atoms with Gasteiger partial charge in [-0.3, -0.25) is 9.59 Å². The lowest BCUT2D eigenvalue weighted by Crippen LogP contribution is -2.62. The number of piperazine rings is 1. The van der Waals surface area contributed by atoms with Gasteiger partial charge in [0.2, 0.25) is 11.8 Å². The van der Waals surface area contributed by atoms with Crippen LogP contribution in [0, 0.1) is 0 Å². The Bertz CT molecular complexity index is 433. The van der Waals surface area contributed by atoms with Gasteiger partial charge in [-0.1, -0.05) is 6.92 Å². The van der Waals surface area contributed by atoms with E-state index in [2.05, 4.69) is 10.3 Å². The maximum Gasteiger partial charge on any atom is 0.245 e. The number of aromatic nitrogens is 1. The predicted octanol–water partition coefficient (Wildman–Crippen LogP) is 0.811. The molecule has 0 aliphatic carbocycles. The number of nitrogens with one attached hydrogen (secondary N) is 1. The molecule has 0 saturated carbocycles. The maximum absolute atomic E-state index is 12.1. The van der Waals surface area contributed by atoms with Gasteiger partial charge in [-0.15, -0.1) is 11.3 Å². The quantitative estimate of drug-likeness (QED) is 0.878. The van der Waals surface area contributed by atoms with Crippen molar-refractivity contribution in [2.45, 2.75) is 38.8 Å². The highest BCUT2D eigenvalue weighted by Crippen LogP contribution is 2.15. The molecule has 1 aromatic rings. The van der Waals surface area contributed by atoms with E-state index in [-0.39, 0.29) is 17.9 Å². The van der Waals surface area contributed by atoms with Crippen molar-refractivity contribution < 1.29 is 9.59 Å². The molecule has 0 spiro atoms. The van der Waals surface area contributed by atoms with E-state index >= 15 is 0 Å². The molecule has 2 amide bonds. The van der Waals surface area contributed by atoms with Crippen LogP contribution in [0.1, 0.15) is 25.3 Å². The molecule has 0 aromatic carbocycles. The molecular formula is C12H17N3O2S. The van der Waals surface area contributed by atoms with Gasteiger partial charge >= 0.3 is 0 Å². The second-order valence-electron chi connectivity index (χ2n) is 4.36. The molecule has 1 fully saturated rings. The smallest absolute Gasteiger partial charge is 0.245 e. The van der Waals surface area contributed by atoms with Crippen molar-refractivity contribution in [1.29, 1.82) is 0 Å². The highest BCUT2D eigenvalue weighted by molar-refractivity contribution is 7.09. The number of amides is 2. The first-order valence-corrected chi connectivity index (χ1v) is 7.00. The van der Waals surface area contributed by atoms with E-state index in [1.807, 2.05) is 12.3 Å². The van der Waals surface area contributed by atoms with Crippen molar-refractivity contribution in [1.82, 2.24) is 15.2 Å². The van der Waals surface area contributed by atoms with E-state index in [4.69, 9.17) is 0 Å². The first-order valence-electron chi connectivity index (χ1n) is 6.12. The van der Waals surface area contributed by atoms with Crippen molar-refractivity contribution in [3.8, 4) is 0 Å². The van der Waals surface area contributed by atoms with Crippen molar-refractivity contribution in [3.05, 3.63) is 16.6 Å². The molecule has 1 aromatic heterocycles. The highest BCUT2D eigenvalue weighted by atomic mass is 32.1. The Labute approximate surface area is 110 Å². The zero-order chi connectivity index (χ0) is 13.1. The number of nitrogens with zero attached hydrogens (tertiary/aromatic N) is 2. The van der Waals surface area contributed by atoms with Gasteiger partial charge in [-0.2, -0.15) is 0 Å². The molecule has 0 radical (unpaired) electrons. The lowest BCUT2D eigenvalue weighted by atomic mass is 10.1. The summed E-state index contributed by atoms with van der Waals surface area (Å²) >= 11 is 1.57. The van der Waals surface area contributed by atoms with Crippen LogP contribution < -0.4 is 5.32 Å². The zero-order valence-electron chi connectivity index (χ0n) is 10.5. The van der Waals surface area contributed by atoms with E-state index < -0.39 is 6.04 Å². The third kappa shape index (κ3) is 2.53. The summed E-state index contributed by atoms with van der Waals surface area (Å²) in [6.07, 6.45) is 3.10. The number of carbonyl (C=O) groups is 2. The molecule has 1 aliphatic heterocycles. The van der Waals surface area contributed by atoms with Gasteiger partial charge in [0.25, 0.3) is 0 Å². The van der Waals surface area contributed by atoms with Crippen LogP contribution in [0.5, 0.6) is 0 Å². The topological polar surface area (TPSA) is 62.3 Å². The van der Waals surface area contributed by atoms with Crippen LogP contribution in [0.2, 0.25) is 0 Å². The summed E-state index contributed by atoms with van der Waals surface area (Å²) in [5.74, 6) is -0.0539. The molecule has 18 heavy (non-hydrogen) atoms. The summed E-state index contributed by atoms with van der Waals surface area (Å²) in [5, 5.41) is 5.62. The Morgan fingerprint density at radius 3 is 2.89 bits per heavy atom. The summed E-state index contributed by atoms with van der Waals surface area (Å²) in [5.41, 5.74) is 0. The van der Waals surface area contributed by atoms with Crippen LogP contribution in [0.4, 0.5) is 0 Å². The lowest BCUT2D eigenvalue weighted by Gasteiger charge is -2.37. The first-order chi connectivity index (χ1) is 8.63. The molecule has 5 nitrogen and oxygen atoms in total. The Morgan fingerprint density at radius 2 is 2.28 bits per heavy atom. The number of carbonyl (C=O) groups excluding carboxylic acids is 2.